The maximum atomic E-state index is 2.66. The Morgan fingerprint density at radius 1 is 1.27 bits per heavy atom. The van der Waals surface area contributed by atoms with Crippen molar-refractivity contribution in [1.82, 2.24) is 0 Å². The van der Waals surface area contributed by atoms with E-state index in [0.29, 0.717) is 3.42 Å². The van der Waals surface area contributed by atoms with Gasteiger partial charge in [0.05, 0.1) is 0 Å². The molecule has 1 heteroatoms. The molecule has 0 spiro atoms. The number of hydrogen-bond acceptors (Lipinski definition) is 0. The van der Waals surface area contributed by atoms with Crippen LogP contribution in [-0.4, -0.2) is 3.42 Å². The lowest BCUT2D eigenvalue weighted by molar-refractivity contribution is 0.297. The highest BCUT2D eigenvalue weighted by molar-refractivity contribution is 14.1. The molecule has 0 aromatic heterocycles. The molecule has 0 N–H and O–H groups in total. The molecule has 0 amide bonds. The zero-order valence-corrected chi connectivity index (χ0v) is 9.86. The fourth-order valence-electron chi connectivity index (χ4n) is 1.99. The maximum Gasteiger partial charge on any atom is 0.0219 e. The molecular weight excluding hydrogens is 247 g/mol. The highest BCUT2D eigenvalue weighted by Crippen LogP contribution is 2.40. The Bertz CT molecular complexity index is 112. The molecule has 0 nitrogen and oxygen atoms in total. The van der Waals surface area contributed by atoms with Gasteiger partial charge in [-0.2, -0.15) is 0 Å². The van der Waals surface area contributed by atoms with Crippen molar-refractivity contribution < 1.29 is 0 Å². The van der Waals surface area contributed by atoms with Crippen LogP contribution in [0.3, 0.4) is 0 Å². The van der Waals surface area contributed by atoms with Gasteiger partial charge in [0.2, 0.25) is 0 Å². The summed E-state index contributed by atoms with van der Waals surface area (Å²) in [7, 11) is 0. The van der Waals surface area contributed by atoms with Gasteiger partial charge < -0.3 is 0 Å². The third-order valence-corrected chi connectivity index (χ3v) is 4.79. The van der Waals surface area contributed by atoms with E-state index in [2.05, 4.69) is 36.4 Å². The molecule has 1 fully saturated rings. The molecule has 0 aliphatic heterocycles. The molecule has 66 valence electrons. The van der Waals surface area contributed by atoms with Crippen LogP contribution in [0.15, 0.2) is 0 Å². The zero-order valence-electron chi connectivity index (χ0n) is 7.70. The molecule has 0 saturated heterocycles. The third kappa shape index (κ3) is 2.60. The van der Waals surface area contributed by atoms with Gasteiger partial charge in [-0.1, -0.05) is 55.7 Å². The Hall–Kier alpha value is 0.730. The van der Waals surface area contributed by atoms with Gasteiger partial charge in [-0.15, -0.1) is 0 Å². The van der Waals surface area contributed by atoms with Crippen LogP contribution in [0.25, 0.3) is 0 Å². The molecule has 1 aliphatic rings. The zero-order chi connectivity index (χ0) is 8.32. The van der Waals surface area contributed by atoms with E-state index in [1.165, 1.54) is 38.5 Å². The van der Waals surface area contributed by atoms with Crippen molar-refractivity contribution in [2.45, 2.75) is 55.8 Å². The van der Waals surface area contributed by atoms with Gasteiger partial charge in [-0.05, 0) is 25.2 Å². The summed E-state index contributed by atoms with van der Waals surface area (Å²) < 4.78 is 0.582. The smallest absolute Gasteiger partial charge is 0.0219 e. The Kier molecular flexibility index (Phi) is 3.66. The third-order valence-electron chi connectivity index (χ3n) is 3.15. The van der Waals surface area contributed by atoms with Gasteiger partial charge >= 0.3 is 0 Å². The summed E-state index contributed by atoms with van der Waals surface area (Å²) >= 11 is 2.66. The van der Waals surface area contributed by atoms with E-state index in [1.54, 1.807) is 0 Å². The van der Waals surface area contributed by atoms with E-state index in [1.807, 2.05) is 0 Å². The molecule has 11 heavy (non-hydrogen) atoms. The van der Waals surface area contributed by atoms with E-state index < -0.39 is 0 Å². The molecule has 1 atom stereocenters. The summed E-state index contributed by atoms with van der Waals surface area (Å²) in [6.45, 7) is 4.74. The van der Waals surface area contributed by atoms with Crippen LogP contribution in [-0.2, 0) is 0 Å². The monoisotopic (exact) mass is 266 g/mol. The van der Waals surface area contributed by atoms with Crippen molar-refractivity contribution >= 4 is 22.6 Å². The highest BCUT2D eigenvalue weighted by Gasteiger charge is 2.30. The Labute approximate surface area is 84.3 Å². The minimum absolute atomic E-state index is 0.582. The van der Waals surface area contributed by atoms with Crippen molar-refractivity contribution in [3.05, 3.63) is 0 Å². The standard InChI is InChI=1S/C10H19I/c1-3-10(2,11)9-7-5-4-6-8-9/h9H,3-8H2,1-2H3. The summed E-state index contributed by atoms with van der Waals surface area (Å²) in [4.78, 5) is 0. The SMILES string of the molecule is CCC(C)(I)C1CCCCC1. The Morgan fingerprint density at radius 3 is 2.27 bits per heavy atom. The normalized spacial score (nSPS) is 26.5. The van der Waals surface area contributed by atoms with E-state index in [9.17, 15) is 0 Å². The average Bonchev–Trinajstić information content (AvgIpc) is 2.06. The minimum Gasteiger partial charge on any atom is -0.0789 e. The number of alkyl halides is 1. The summed E-state index contributed by atoms with van der Waals surface area (Å²) in [5.74, 6) is 1.00. The van der Waals surface area contributed by atoms with E-state index in [-0.39, 0.29) is 0 Å². The van der Waals surface area contributed by atoms with Crippen LogP contribution >= 0.6 is 22.6 Å². The largest absolute Gasteiger partial charge is 0.0789 e. The van der Waals surface area contributed by atoms with Crippen molar-refractivity contribution in [3.8, 4) is 0 Å². The van der Waals surface area contributed by atoms with Crippen LogP contribution in [0.5, 0.6) is 0 Å². The predicted molar refractivity (Wildman–Crippen MR) is 59.3 cm³/mol. The van der Waals surface area contributed by atoms with Gasteiger partial charge in [0.25, 0.3) is 0 Å². The first kappa shape index (κ1) is 9.82. The fourth-order valence-corrected chi connectivity index (χ4v) is 2.62. The summed E-state index contributed by atoms with van der Waals surface area (Å²) in [6.07, 6.45) is 8.72. The van der Waals surface area contributed by atoms with Crippen LogP contribution in [0.4, 0.5) is 0 Å². The molecule has 0 aromatic rings. The molecule has 1 rings (SSSR count). The fraction of sp³-hybridized carbons (Fsp3) is 1.00. The number of halogens is 1. The molecule has 1 saturated carbocycles. The summed E-state index contributed by atoms with van der Waals surface area (Å²) in [5.41, 5.74) is 0. The first-order chi connectivity index (χ1) is 5.17. The average molecular weight is 266 g/mol. The second kappa shape index (κ2) is 4.11. The number of rotatable bonds is 2. The second-order valence-electron chi connectivity index (χ2n) is 3.97. The van der Waals surface area contributed by atoms with Gasteiger partial charge in [-0.25, -0.2) is 0 Å². The summed E-state index contributed by atoms with van der Waals surface area (Å²) in [5, 5.41) is 0. The Morgan fingerprint density at radius 2 is 1.82 bits per heavy atom. The lowest BCUT2D eigenvalue weighted by Gasteiger charge is -2.34. The van der Waals surface area contributed by atoms with Crippen molar-refractivity contribution in [2.24, 2.45) is 5.92 Å². The van der Waals surface area contributed by atoms with E-state index in [0.717, 1.165) is 5.92 Å². The quantitative estimate of drug-likeness (QED) is 0.519. The maximum absolute atomic E-state index is 2.66. The van der Waals surface area contributed by atoms with Crippen LogP contribution in [0, 0.1) is 5.92 Å². The topological polar surface area (TPSA) is 0 Å². The van der Waals surface area contributed by atoms with Crippen LogP contribution in [0.1, 0.15) is 52.4 Å². The molecule has 0 aromatic carbocycles. The molecule has 0 heterocycles. The van der Waals surface area contributed by atoms with Crippen LogP contribution < -0.4 is 0 Å². The van der Waals surface area contributed by atoms with Gasteiger partial charge in [0.1, 0.15) is 0 Å². The van der Waals surface area contributed by atoms with Gasteiger partial charge in [0, 0.05) is 3.42 Å². The van der Waals surface area contributed by atoms with Crippen molar-refractivity contribution in [1.29, 1.82) is 0 Å². The lowest BCUT2D eigenvalue weighted by atomic mass is 9.80. The molecular formula is C10H19I. The molecule has 1 aliphatic carbocycles. The van der Waals surface area contributed by atoms with Crippen molar-refractivity contribution in [2.75, 3.05) is 0 Å². The van der Waals surface area contributed by atoms with Gasteiger partial charge in [0.15, 0.2) is 0 Å². The lowest BCUT2D eigenvalue weighted by Crippen LogP contribution is -2.28. The minimum atomic E-state index is 0.582. The highest BCUT2D eigenvalue weighted by atomic mass is 127. The number of hydrogen-bond donors (Lipinski definition) is 0. The Balaban J connectivity index is 2.43. The van der Waals surface area contributed by atoms with Crippen molar-refractivity contribution in [3.63, 3.8) is 0 Å². The van der Waals surface area contributed by atoms with E-state index >= 15 is 0 Å². The van der Waals surface area contributed by atoms with E-state index in [4.69, 9.17) is 0 Å². The second-order valence-corrected chi connectivity index (χ2v) is 6.43. The predicted octanol–water partition coefficient (Wildman–Crippen LogP) is 4.17. The molecule has 1 unspecified atom stereocenters. The molecule has 0 radical (unpaired) electrons. The summed E-state index contributed by atoms with van der Waals surface area (Å²) in [6, 6.07) is 0. The first-order valence-corrected chi connectivity index (χ1v) is 5.93. The molecule has 0 bridgehead atoms. The first-order valence-electron chi connectivity index (χ1n) is 4.85. The van der Waals surface area contributed by atoms with Gasteiger partial charge in [-0.3, -0.25) is 0 Å². The van der Waals surface area contributed by atoms with Crippen LogP contribution in [0.2, 0.25) is 0 Å².